The van der Waals surface area contributed by atoms with Crippen molar-refractivity contribution in [1.82, 2.24) is 10.2 Å². The van der Waals surface area contributed by atoms with Gasteiger partial charge in [0.1, 0.15) is 11.8 Å². The summed E-state index contributed by atoms with van der Waals surface area (Å²) in [7, 11) is 1.62. The maximum absolute atomic E-state index is 13.8. The number of nitrogens with zero attached hydrogens (tertiary/aromatic N) is 1. The Morgan fingerprint density at radius 1 is 0.917 bits per heavy atom. The van der Waals surface area contributed by atoms with Crippen LogP contribution in [0.2, 0.25) is 5.02 Å². The van der Waals surface area contributed by atoms with Gasteiger partial charge in [-0.15, -0.1) is 0 Å². The summed E-state index contributed by atoms with van der Waals surface area (Å²) in [5, 5.41) is 3.87. The number of rotatable bonds is 10. The van der Waals surface area contributed by atoms with Gasteiger partial charge in [0.05, 0.1) is 13.5 Å². The number of amides is 2. The molecule has 0 aromatic heterocycles. The summed E-state index contributed by atoms with van der Waals surface area (Å²) in [4.78, 5) is 29.2. The predicted molar refractivity (Wildman–Crippen MR) is 143 cm³/mol. The van der Waals surface area contributed by atoms with E-state index in [1.807, 2.05) is 78.9 Å². The molecule has 0 bridgehead atoms. The van der Waals surface area contributed by atoms with Crippen molar-refractivity contribution in [1.29, 1.82) is 0 Å². The molecule has 2 amide bonds. The van der Waals surface area contributed by atoms with Crippen LogP contribution in [0.5, 0.6) is 5.75 Å². The van der Waals surface area contributed by atoms with E-state index in [9.17, 15) is 9.59 Å². The largest absolute Gasteiger partial charge is 0.497 e. The Hall–Kier alpha value is -3.31. The summed E-state index contributed by atoms with van der Waals surface area (Å²) in [6.45, 7) is 0.321. The fourth-order valence-corrected chi connectivity index (χ4v) is 4.85. The summed E-state index contributed by atoms with van der Waals surface area (Å²) in [6.07, 6.45) is 4.86. The van der Waals surface area contributed by atoms with E-state index < -0.39 is 6.04 Å². The number of hydrogen-bond acceptors (Lipinski definition) is 3. The number of carbonyl (C=O) groups is 2. The molecule has 1 aliphatic rings. The highest BCUT2D eigenvalue weighted by Gasteiger charge is 2.32. The average Bonchev–Trinajstić information content (AvgIpc) is 3.41. The highest BCUT2D eigenvalue weighted by atomic mass is 35.5. The molecule has 6 heteroatoms. The van der Waals surface area contributed by atoms with E-state index in [2.05, 4.69) is 5.32 Å². The van der Waals surface area contributed by atoms with Crippen molar-refractivity contribution in [2.45, 2.75) is 57.2 Å². The standard InChI is InChI=1S/C30H33ClN2O3/c1-36-27-17-13-23(14-18-27)20-29(34)33(21-24-11-15-25(31)16-12-24)28(19-22-7-3-2-4-8-22)30(35)32-26-9-5-6-10-26/h2-4,7-8,11-18,26,28H,5-6,9-10,19-21H2,1H3,(H,32,35). The lowest BCUT2D eigenvalue weighted by Crippen LogP contribution is -2.52. The number of hydrogen-bond donors (Lipinski definition) is 1. The SMILES string of the molecule is COc1ccc(CC(=O)N(Cc2ccc(Cl)cc2)C(Cc2ccccc2)C(=O)NC2CCCC2)cc1. The number of methoxy groups -OCH3 is 1. The third-order valence-electron chi connectivity index (χ3n) is 6.75. The lowest BCUT2D eigenvalue weighted by molar-refractivity contribution is -0.141. The van der Waals surface area contributed by atoms with Gasteiger partial charge < -0.3 is 15.0 Å². The van der Waals surface area contributed by atoms with Gasteiger partial charge in [-0.3, -0.25) is 9.59 Å². The minimum atomic E-state index is -0.630. The first-order chi connectivity index (χ1) is 17.5. The van der Waals surface area contributed by atoms with Gasteiger partial charge in [-0.25, -0.2) is 0 Å². The third-order valence-corrected chi connectivity index (χ3v) is 7.01. The van der Waals surface area contributed by atoms with Gasteiger partial charge in [0.2, 0.25) is 11.8 Å². The minimum absolute atomic E-state index is 0.0946. The second-order valence-corrected chi connectivity index (χ2v) is 9.80. The number of benzene rings is 3. The molecule has 1 atom stereocenters. The van der Waals surface area contributed by atoms with Crippen molar-refractivity contribution in [3.8, 4) is 5.75 Å². The first kappa shape index (κ1) is 25.8. The van der Waals surface area contributed by atoms with E-state index in [1.165, 1.54) is 0 Å². The molecule has 1 unspecified atom stereocenters. The summed E-state index contributed by atoms with van der Waals surface area (Å²) >= 11 is 6.10. The van der Waals surface area contributed by atoms with Crippen LogP contribution in [-0.2, 0) is 29.0 Å². The lowest BCUT2D eigenvalue weighted by atomic mass is 10.0. The van der Waals surface area contributed by atoms with Crippen LogP contribution in [0.15, 0.2) is 78.9 Å². The molecule has 0 spiro atoms. The maximum Gasteiger partial charge on any atom is 0.243 e. The Morgan fingerprint density at radius 3 is 2.19 bits per heavy atom. The van der Waals surface area contributed by atoms with E-state index in [0.29, 0.717) is 18.0 Å². The Balaban J connectivity index is 1.64. The lowest BCUT2D eigenvalue weighted by Gasteiger charge is -2.32. The molecule has 1 N–H and O–H groups in total. The molecule has 0 heterocycles. The molecule has 0 saturated heterocycles. The minimum Gasteiger partial charge on any atom is -0.497 e. The van der Waals surface area contributed by atoms with Crippen LogP contribution in [-0.4, -0.2) is 35.9 Å². The van der Waals surface area contributed by atoms with Crippen LogP contribution in [0.3, 0.4) is 0 Å². The van der Waals surface area contributed by atoms with E-state index in [0.717, 1.165) is 48.1 Å². The Bertz CT molecular complexity index is 1130. The van der Waals surface area contributed by atoms with Gasteiger partial charge in [0, 0.05) is 24.0 Å². The van der Waals surface area contributed by atoms with Crippen molar-refractivity contribution < 1.29 is 14.3 Å². The van der Waals surface area contributed by atoms with Crippen molar-refractivity contribution in [3.05, 3.63) is 101 Å². The third kappa shape index (κ3) is 7.11. The van der Waals surface area contributed by atoms with E-state index >= 15 is 0 Å². The summed E-state index contributed by atoms with van der Waals surface area (Å²) in [5.41, 5.74) is 2.81. The van der Waals surface area contributed by atoms with Crippen molar-refractivity contribution >= 4 is 23.4 Å². The molecule has 188 valence electrons. The molecule has 1 fully saturated rings. The predicted octanol–water partition coefficient (Wildman–Crippen LogP) is 5.59. The number of nitrogens with one attached hydrogen (secondary N) is 1. The zero-order valence-corrected chi connectivity index (χ0v) is 21.4. The quantitative estimate of drug-likeness (QED) is 0.391. The van der Waals surface area contributed by atoms with Crippen LogP contribution in [0.4, 0.5) is 0 Å². The van der Waals surface area contributed by atoms with Gasteiger partial charge >= 0.3 is 0 Å². The summed E-state index contributed by atoms with van der Waals surface area (Å²) in [6, 6.07) is 24.3. The summed E-state index contributed by atoms with van der Waals surface area (Å²) in [5.74, 6) is 0.544. The van der Waals surface area contributed by atoms with Crippen LogP contribution >= 0.6 is 11.6 Å². The topological polar surface area (TPSA) is 58.6 Å². The van der Waals surface area contributed by atoms with Crippen LogP contribution in [0, 0.1) is 0 Å². The Kier molecular flexibility index (Phi) is 9.01. The molecule has 3 aromatic carbocycles. The average molecular weight is 505 g/mol. The van der Waals surface area contributed by atoms with Crippen LogP contribution < -0.4 is 10.1 Å². The zero-order chi connectivity index (χ0) is 25.3. The molecule has 1 aliphatic carbocycles. The molecule has 0 radical (unpaired) electrons. The summed E-state index contributed by atoms with van der Waals surface area (Å²) < 4.78 is 5.25. The second-order valence-electron chi connectivity index (χ2n) is 9.37. The first-order valence-electron chi connectivity index (χ1n) is 12.5. The molecule has 5 nitrogen and oxygen atoms in total. The monoisotopic (exact) mass is 504 g/mol. The molecule has 4 rings (SSSR count). The number of halogens is 1. The van der Waals surface area contributed by atoms with E-state index in [-0.39, 0.29) is 24.3 Å². The highest BCUT2D eigenvalue weighted by Crippen LogP contribution is 2.21. The van der Waals surface area contributed by atoms with Crippen LogP contribution in [0.1, 0.15) is 42.4 Å². The Labute approximate surface area is 218 Å². The molecule has 0 aliphatic heterocycles. The zero-order valence-electron chi connectivity index (χ0n) is 20.7. The number of ether oxygens (including phenoxy) is 1. The molecular formula is C30H33ClN2O3. The van der Waals surface area contributed by atoms with Crippen LogP contribution in [0.25, 0.3) is 0 Å². The number of carbonyl (C=O) groups excluding carboxylic acids is 2. The second kappa shape index (κ2) is 12.6. The maximum atomic E-state index is 13.8. The fourth-order valence-electron chi connectivity index (χ4n) is 4.73. The smallest absolute Gasteiger partial charge is 0.243 e. The van der Waals surface area contributed by atoms with Gasteiger partial charge in [-0.2, -0.15) is 0 Å². The Morgan fingerprint density at radius 2 is 1.56 bits per heavy atom. The van der Waals surface area contributed by atoms with Gasteiger partial charge in [0.15, 0.2) is 0 Å². The first-order valence-corrected chi connectivity index (χ1v) is 12.9. The van der Waals surface area contributed by atoms with Crippen molar-refractivity contribution in [2.24, 2.45) is 0 Å². The molecule has 36 heavy (non-hydrogen) atoms. The molecule has 3 aromatic rings. The molecular weight excluding hydrogens is 472 g/mol. The fraction of sp³-hybridized carbons (Fsp3) is 0.333. The highest BCUT2D eigenvalue weighted by molar-refractivity contribution is 6.30. The van der Waals surface area contributed by atoms with Gasteiger partial charge in [-0.05, 0) is 53.8 Å². The van der Waals surface area contributed by atoms with Crippen molar-refractivity contribution in [2.75, 3.05) is 7.11 Å². The normalized spacial score (nSPS) is 14.3. The van der Waals surface area contributed by atoms with E-state index in [1.54, 1.807) is 12.0 Å². The van der Waals surface area contributed by atoms with E-state index in [4.69, 9.17) is 16.3 Å². The van der Waals surface area contributed by atoms with Gasteiger partial charge in [0.25, 0.3) is 0 Å². The molecule has 1 saturated carbocycles. The van der Waals surface area contributed by atoms with Gasteiger partial charge in [-0.1, -0.05) is 79.0 Å². The van der Waals surface area contributed by atoms with Crippen molar-refractivity contribution in [3.63, 3.8) is 0 Å².